The number of ketones is 2. The predicted octanol–water partition coefficient (Wildman–Crippen LogP) is 5.25. The molecule has 5 nitrogen and oxygen atoms in total. The molecule has 164 valence electrons. The van der Waals surface area contributed by atoms with Crippen LogP contribution in [0.5, 0.6) is 11.5 Å². The first-order valence-corrected chi connectivity index (χ1v) is 10.8. The van der Waals surface area contributed by atoms with E-state index in [4.69, 9.17) is 9.47 Å². The Kier molecular flexibility index (Phi) is 6.66. The van der Waals surface area contributed by atoms with Gasteiger partial charge in [-0.2, -0.15) is 5.26 Å². The number of Topliss-reactive ketones (excluding diaryl/α,β-unsaturated/α-hetero) is 2. The Labute approximate surface area is 192 Å². The summed E-state index contributed by atoms with van der Waals surface area (Å²) in [7, 11) is 0. The summed E-state index contributed by atoms with van der Waals surface area (Å²) in [6.45, 7) is 2.52. The van der Waals surface area contributed by atoms with E-state index < -0.39 is 5.92 Å². The zero-order valence-electron chi connectivity index (χ0n) is 18.3. The molecule has 0 heterocycles. The Morgan fingerprint density at radius 3 is 2.48 bits per heavy atom. The second-order valence-corrected chi connectivity index (χ2v) is 7.71. The van der Waals surface area contributed by atoms with Crippen molar-refractivity contribution in [3.63, 3.8) is 0 Å². The molecule has 33 heavy (non-hydrogen) atoms. The first-order chi connectivity index (χ1) is 16.1. The summed E-state index contributed by atoms with van der Waals surface area (Å²) in [6, 6.07) is 24.1. The standard InChI is InChI=1S/C28H23NO4/c1-2-32-27-15-19(12-13-26(27)33-18-22-11-7-6-10-21(22)17-29)14-24-25(30)16-23(28(24)31)20-8-4-3-5-9-20/h3-15,23H,2,16,18H2,1H3/b24-14+. The van der Waals surface area contributed by atoms with Gasteiger partial charge in [-0.15, -0.1) is 0 Å². The van der Waals surface area contributed by atoms with E-state index in [1.54, 1.807) is 30.3 Å². The average Bonchev–Trinajstić information content (AvgIpc) is 3.13. The van der Waals surface area contributed by atoms with Crippen LogP contribution >= 0.6 is 0 Å². The summed E-state index contributed by atoms with van der Waals surface area (Å²) in [6.07, 6.45) is 1.82. The molecular formula is C28H23NO4. The Hall–Kier alpha value is -4.17. The van der Waals surface area contributed by atoms with Crippen molar-refractivity contribution < 1.29 is 19.1 Å². The normalized spacial score (nSPS) is 16.6. The van der Waals surface area contributed by atoms with Gasteiger partial charge in [-0.25, -0.2) is 0 Å². The van der Waals surface area contributed by atoms with Crippen LogP contribution in [0.3, 0.4) is 0 Å². The molecule has 0 amide bonds. The van der Waals surface area contributed by atoms with Gasteiger partial charge in [-0.05, 0) is 42.3 Å². The fourth-order valence-corrected chi connectivity index (χ4v) is 3.90. The second kappa shape index (κ2) is 9.97. The molecule has 5 heteroatoms. The van der Waals surface area contributed by atoms with Crippen LogP contribution in [-0.2, 0) is 16.2 Å². The molecule has 0 aliphatic heterocycles. The zero-order chi connectivity index (χ0) is 23.2. The van der Waals surface area contributed by atoms with E-state index in [0.717, 1.165) is 11.1 Å². The Morgan fingerprint density at radius 1 is 0.970 bits per heavy atom. The maximum absolute atomic E-state index is 12.9. The van der Waals surface area contributed by atoms with Gasteiger partial charge >= 0.3 is 0 Å². The molecule has 0 aromatic heterocycles. The molecule has 1 fully saturated rings. The minimum Gasteiger partial charge on any atom is -0.490 e. The van der Waals surface area contributed by atoms with Gasteiger partial charge in [0.25, 0.3) is 0 Å². The lowest BCUT2D eigenvalue weighted by Crippen LogP contribution is -2.06. The number of nitrogens with zero attached hydrogens (tertiary/aromatic N) is 1. The lowest BCUT2D eigenvalue weighted by molar-refractivity contribution is -0.116. The highest BCUT2D eigenvalue weighted by molar-refractivity contribution is 6.30. The number of nitriles is 1. The fourth-order valence-electron chi connectivity index (χ4n) is 3.90. The van der Waals surface area contributed by atoms with Gasteiger partial charge in [0, 0.05) is 12.0 Å². The molecule has 3 aromatic rings. The molecular weight excluding hydrogens is 414 g/mol. The fraction of sp³-hybridized carbons (Fsp3) is 0.179. The van der Waals surface area contributed by atoms with Gasteiger partial charge in [0.1, 0.15) is 6.61 Å². The van der Waals surface area contributed by atoms with Gasteiger partial charge in [-0.3, -0.25) is 9.59 Å². The summed E-state index contributed by atoms with van der Waals surface area (Å²) in [5.41, 5.74) is 3.10. The van der Waals surface area contributed by atoms with Crippen molar-refractivity contribution in [1.29, 1.82) is 5.26 Å². The number of rotatable bonds is 7. The molecule has 1 aliphatic carbocycles. The zero-order valence-corrected chi connectivity index (χ0v) is 18.3. The minimum atomic E-state index is -0.431. The number of allylic oxidation sites excluding steroid dienone is 1. The smallest absolute Gasteiger partial charge is 0.174 e. The van der Waals surface area contributed by atoms with Crippen LogP contribution in [0.2, 0.25) is 0 Å². The largest absolute Gasteiger partial charge is 0.490 e. The maximum Gasteiger partial charge on any atom is 0.174 e. The quantitative estimate of drug-likeness (QED) is 0.373. The van der Waals surface area contributed by atoms with E-state index in [1.165, 1.54) is 0 Å². The van der Waals surface area contributed by atoms with E-state index in [0.29, 0.717) is 29.2 Å². The summed E-state index contributed by atoms with van der Waals surface area (Å²) >= 11 is 0. The molecule has 0 saturated heterocycles. The third-order valence-corrected chi connectivity index (χ3v) is 5.57. The Morgan fingerprint density at radius 2 is 1.73 bits per heavy atom. The number of benzene rings is 3. The van der Waals surface area contributed by atoms with Crippen molar-refractivity contribution in [1.82, 2.24) is 0 Å². The Bertz CT molecular complexity index is 1250. The van der Waals surface area contributed by atoms with Gasteiger partial charge in [0.15, 0.2) is 23.1 Å². The average molecular weight is 437 g/mol. The van der Waals surface area contributed by atoms with Crippen molar-refractivity contribution in [2.24, 2.45) is 0 Å². The van der Waals surface area contributed by atoms with Crippen molar-refractivity contribution in [3.8, 4) is 17.6 Å². The highest BCUT2D eigenvalue weighted by atomic mass is 16.5. The predicted molar refractivity (Wildman–Crippen MR) is 125 cm³/mol. The molecule has 0 spiro atoms. The minimum absolute atomic E-state index is 0.153. The number of hydrogen-bond donors (Lipinski definition) is 0. The van der Waals surface area contributed by atoms with E-state index >= 15 is 0 Å². The monoisotopic (exact) mass is 437 g/mol. The number of hydrogen-bond acceptors (Lipinski definition) is 5. The van der Waals surface area contributed by atoms with Gasteiger partial charge in [0.05, 0.1) is 29.7 Å². The molecule has 0 radical (unpaired) electrons. The van der Waals surface area contributed by atoms with E-state index in [1.807, 2.05) is 55.5 Å². The molecule has 0 bridgehead atoms. The first kappa shape index (κ1) is 22.0. The van der Waals surface area contributed by atoms with Crippen LogP contribution in [0.4, 0.5) is 0 Å². The maximum atomic E-state index is 12.9. The molecule has 0 N–H and O–H groups in total. The molecule has 4 rings (SSSR count). The summed E-state index contributed by atoms with van der Waals surface area (Å²) < 4.78 is 11.7. The van der Waals surface area contributed by atoms with Crippen LogP contribution in [-0.4, -0.2) is 18.2 Å². The summed E-state index contributed by atoms with van der Waals surface area (Å²) in [5.74, 6) is 0.300. The molecule has 3 aromatic carbocycles. The first-order valence-electron chi connectivity index (χ1n) is 10.8. The van der Waals surface area contributed by atoms with E-state index in [2.05, 4.69) is 6.07 Å². The van der Waals surface area contributed by atoms with Crippen molar-refractivity contribution in [2.75, 3.05) is 6.61 Å². The third-order valence-electron chi connectivity index (χ3n) is 5.57. The number of carbonyl (C=O) groups excluding carboxylic acids is 2. The summed E-state index contributed by atoms with van der Waals surface area (Å²) in [5, 5.41) is 9.27. The van der Waals surface area contributed by atoms with E-state index in [9.17, 15) is 14.9 Å². The lowest BCUT2D eigenvalue weighted by atomic mass is 9.96. The third kappa shape index (κ3) is 4.86. The highest BCUT2D eigenvalue weighted by Gasteiger charge is 2.37. The molecule has 1 saturated carbocycles. The van der Waals surface area contributed by atoms with Crippen LogP contribution in [0.15, 0.2) is 78.4 Å². The SMILES string of the molecule is CCOc1cc(/C=C2\C(=O)CC(c3ccccc3)C2=O)ccc1OCc1ccccc1C#N. The van der Waals surface area contributed by atoms with Gasteiger partial charge in [-0.1, -0.05) is 54.6 Å². The highest BCUT2D eigenvalue weighted by Crippen LogP contribution is 2.35. The van der Waals surface area contributed by atoms with Crippen LogP contribution in [0, 0.1) is 11.3 Å². The van der Waals surface area contributed by atoms with Gasteiger partial charge in [0.2, 0.25) is 0 Å². The molecule has 1 aliphatic rings. The topological polar surface area (TPSA) is 76.4 Å². The Balaban J connectivity index is 1.57. The van der Waals surface area contributed by atoms with E-state index in [-0.39, 0.29) is 30.2 Å². The van der Waals surface area contributed by atoms with Crippen LogP contribution in [0.25, 0.3) is 6.08 Å². The van der Waals surface area contributed by atoms with Crippen molar-refractivity contribution in [3.05, 3.63) is 101 Å². The number of carbonyl (C=O) groups is 2. The van der Waals surface area contributed by atoms with Crippen LogP contribution in [0.1, 0.15) is 41.5 Å². The van der Waals surface area contributed by atoms with Crippen LogP contribution < -0.4 is 9.47 Å². The number of ether oxygens (including phenoxy) is 2. The lowest BCUT2D eigenvalue weighted by Gasteiger charge is -2.13. The second-order valence-electron chi connectivity index (χ2n) is 7.71. The van der Waals surface area contributed by atoms with Crippen molar-refractivity contribution >= 4 is 17.6 Å². The molecule has 1 unspecified atom stereocenters. The summed E-state index contributed by atoms with van der Waals surface area (Å²) in [4.78, 5) is 25.5. The molecule has 1 atom stereocenters. The van der Waals surface area contributed by atoms with Gasteiger partial charge < -0.3 is 9.47 Å². The van der Waals surface area contributed by atoms with Crippen molar-refractivity contribution in [2.45, 2.75) is 25.9 Å².